The third-order valence-electron chi connectivity index (χ3n) is 3.02. The number of benzene rings is 1. The molecule has 82 valence electrons. The lowest BCUT2D eigenvalue weighted by Gasteiger charge is -2.15. The highest BCUT2D eigenvalue weighted by Gasteiger charge is 2.10. The van der Waals surface area contributed by atoms with E-state index in [-0.39, 0.29) is 0 Å². The lowest BCUT2D eigenvalue weighted by molar-refractivity contribution is 0.731. The van der Waals surface area contributed by atoms with Crippen molar-refractivity contribution in [3.63, 3.8) is 0 Å². The Bertz CT molecular complexity index is 359. The maximum atomic E-state index is 6.06. The molecular formula is C14H19Cl. The van der Waals surface area contributed by atoms with Crippen LogP contribution in [0.25, 0.3) is 5.57 Å². The molecule has 1 atom stereocenters. The average Bonchev–Trinajstić information content (AvgIpc) is 2.27. The fraction of sp³-hybridized carbons (Fsp3) is 0.429. The summed E-state index contributed by atoms with van der Waals surface area (Å²) in [5.74, 6) is 0.590. The van der Waals surface area contributed by atoms with Crippen molar-refractivity contribution in [2.45, 2.75) is 40.0 Å². The van der Waals surface area contributed by atoms with Crippen LogP contribution in [-0.4, -0.2) is 0 Å². The van der Waals surface area contributed by atoms with Crippen LogP contribution in [0, 0.1) is 0 Å². The van der Waals surface area contributed by atoms with E-state index in [1.165, 1.54) is 16.7 Å². The monoisotopic (exact) mass is 222 g/mol. The van der Waals surface area contributed by atoms with Crippen molar-refractivity contribution >= 4 is 17.2 Å². The van der Waals surface area contributed by atoms with E-state index in [2.05, 4.69) is 45.0 Å². The van der Waals surface area contributed by atoms with E-state index in [0.29, 0.717) is 5.92 Å². The van der Waals surface area contributed by atoms with Gasteiger partial charge in [0.1, 0.15) is 0 Å². The molecule has 0 bridgehead atoms. The molecule has 0 fully saturated rings. The quantitative estimate of drug-likeness (QED) is 0.660. The summed E-state index contributed by atoms with van der Waals surface area (Å²) in [7, 11) is 0. The summed E-state index contributed by atoms with van der Waals surface area (Å²) in [6.45, 7) is 8.51. The standard InChI is InChI=1S/C14H19Cl/c1-5-10(2)13-8-6-7-9-14(13)11(3)12(4)15/h6-10H,5H2,1-4H3/b12-11-. The average molecular weight is 223 g/mol. The number of allylic oxidation sites excluding steroid dienone is 2. The summed E-state index contributed by atoms with van der Waals surface area (Å²) in [6.07, 6.45) is 1.16. The Balaban J connectivity index is 3.24. The maximum Gasteiger partial charge on any atom is 0.0185 e. The van der Waals surface area contributed by atoms with Gasteiger partial charge < -0.3 is 0 Å². The topological polar surface area (TPSA) is 0 Å². The Labute approximate surface area is 98.0 Å². The van der Waals surface area contributed by atoms with Crippen LogP contribution in [0.1, 0.15) is 51.2 Å². The summed E-state index contributed by atoms with van der Waals surface area (Å²) in [5, 5.41) is 0.880. The van der Waals surface area contributed by atoms with Gasteiger partial charge in [0.05, 0.1) is 0 Å². The van der Waals surface area contributed by atoms with Crippen LogP contribution >= 0.6 is 11.6 Å². The lowest BCUT2D eigenvalue weighted by Crippen LogP contribution is -1.97. The van der Waals surface area contributed by atoms with Crippen LogP contribution in [-0.2, 0) is 0 Å². The molecule has 0 radical (unpaired) electrons. The van der Waals surface area contributed by atoms with Crippen molar-refractivity contribution in [2.75, 3.05) is 0 Å². The molecule has 1 aromatic carbocycles. The fourth-order valence-corrected chi connectivity index (χ4v) is 1.78. The molecule has 0 amide bonds. The first-order chi connectivity index (χ1) is 7.07. The minimum atomic E-state index is 0.590. The first kappa shape index (κ1) is 12.3. The van der Waals surface area contributed by atoms with E-state index in [9.17, 15) is 0 Å². The molecule has 0 saturated carbocycles. The Morgan fingerprint density at radius 3 is 2.40 bits per heavy atom. The molecular weight excluding hydrogens is 204 g/mol. The van der Waals surface area contributed by atoms with Gasteiger partial charge >= 0.3 is 0 Å². The van der Waals surface area contributed by atoms with Crippen LogP contribution in [0.3, 0.4) is 0 Å². The van der Waals surface area contributed by atoms with E-state index in [1.807, 2.05) is 6.92 Å². The molecule has 1 aromatic rings. The zero-order valence-corrected chi connectivity index (χ0v) is 10.7. The SMILES string of the molecule is CCC(C)c1ccccc1/C(C)=C(/C)Cl. The lowest BCUT2D eigenvalue weighted by atomic mass is 9.90. The van der Waals surface area contributed by atoms with Gasteiger partial charge in [0, 0.05) is 5.03 Å². The van der Waals surface area contributed by atoms with Crippen molar-refractivity contribution in [3.8, 4) is 0 Å². The van der Waals surface area contributed by atoms with Crippen molar-refractivity contribution in [2.24, 2.45) is 0 Å². The maximum absolute atomic E-state index is 6.06. The highest BCUT2D eigenvalue weighted by atomic mass is 35.5. The first-order valence-electron chi connectivity index (χ1n) is 5.50. The smallest absolute Gasteiger partial charge is 0.0185 e. The van der Waals surface area contributed by atoms with Crippen molar-refractivity contribution in [1.29, 1.82) is 0 Å². The molecule has 15 heavy (non-hydrogen) atoms. The molecule has 0 spiro atoms. The summed E-state index contributed by atoms with van der Waals surface area (Å²) < 4.78 is 0. The van der Waals surface area contributed by atoms with Crippen molar-refractivity contribution < 1.29 is 0 Å². The fourth-order valence-electron chi connectivity index (χ4n) is 1.67. The molecule has 0 aromatic heterocycles. The molecule has 0 aliphatic heterocycles. The molecule has 1 heteroatoms. The normalized spacial score (nSPS) is 14.7. The number of hydrogen-bond acceptors (Lipinski definition) is 0. The van der Waals surface area contributed by atoms with Crippen LogP contribution < -0.4 is 0 Å². The van der Waals surface area contributed by atoms with Crippen LogP contribution in [0.2, 0.25) is 0 Å². The molecule has 0 aliphatic carbocycles. The Hall–Kier alpha value is -0.750. The minimum Gasteiger partial charge on any atom is -0.0892 e. The number of hydrogen-bond donors (Lipinski definition) is 0. The van der Waals surface area contributed by atoms with Gasteiger partial charge in [0.25, 0.3) is 0 Å². The second-order valence-electron chi connectivity index (χ2n) is 4.06. The second-order valence-corrected chi connectivity index (χ2v) is 4.62. The summed E-state index contributed by atoms with van der Waals surface area (Å²) in [4.78, 5) is 0. The third-order valence-corrected chi connectivity index (χ3v) is 3.31. The van der Waals surface area contributed by atoms with E-state index in [4.69, 9.17) is 11.6 Å². The minimum absolute atomic E-state index is 0.590. The van der Waals surface area contributed by atoms with Gasteiger partial charge in [0.2, 0.25) is 0 Å². The van der Waals surface area contributed by atoms with Gasteiger partial charge in [-0.2, -0.15) is 0 Å². The highest BCUT2D eigenvalue weighted by Crippen LogP contribution is 2.29. The molecule has 0 heterocycles. The zero-order chi connectivity index (χ0) is 11.4. The molecule has 1 unspecified atom stereocenters. The van der Waals surface area contributed by atoms with Gasteiger partial charge in [-0.25, -0.2) is 0 Å². The van der Waals surface area contributed by atoms with E-state index in [0.717, 1.165) is 11.5 Å². The number of halogens is 1. The van der Waals surface area contributed by atoms with Gasteiger partial charge in [0.15, 0.2) is 0 Å². The van der Waals surface area contributed by atoms with Gasteiger partial charge in [-0.3, -0.25) is 0 Å². The van der Waals surface area contributed by atoms with Crippen molar-refractivity contribution in [3.05, 3.63) is 40.4 Å². The van der Waals surface area contributed by atoms with Crippen LogP contribution in [0.15, 0.2) is 29.3 Å². The van der Waals surface area contributed by atoms with E-state index >= 15 is 0 Å². The third kappa shape index (κ3) is 2.85. The van der Waals surface area contributed by atoms with Crippen molar-refractivity contribution in [1.82, 2.24) is 0 Å². The van der Waals surface area contributed by atoms with Crippen LogP contribution in [0.4, 0.5) is 0 Å². The second kappa shape index (κ2) is 5.37. The predicted octanol–water partition coefficient (Wildman–Crippen LogP) is 5.19. The molecule has 1 rings (SSSR count). The van der Waals surface area contributed by atoms with E-state index in [1.54, 1.807) is 0 Å². The highest BCUT2D eigenvalue weighted by molar-refractivity contribution is 6.32. The molecule has 0 saturated heterocycles. The van der Waals surface area contributed by atoms with Gasteiger partial charge in [-0.15, -0.1) is 0 Å². The molecule has 0 nitrogen and oxygen atoms in total. The van der Waals surface area contributed by atoms with Gasteiger partial charge in [-0.1, -0.05) is 49.7 Å². The first-order valence-corrected chi connectivity index (χ1v) is 5.88. The Morgan fingerprint density at radius 1 is 1.27 bits per heavy atom. The van der Waals surface area contributed by atoms with Gasteiger partial charge in [-0.05, 0) is 42.9 Å². The predicted molar refractivity (Wildman–Crippen MR) is 69.3 cm³/mol. The number of rotatable bonds is 3. The summed E-state index contributed by atoms with van der Waals surface area (Å²) in [5.41, 5.74) is 3.88. The summed E-state index contributed by atoms with van der Waals surface area (Å²) in [6, 6.07) is 8.53. The zero-order valence-electron chi connectivity index (χ0n) is 9.97. The van der Waals surface area contributed by atoms with E-state index < -0.39 is 0 Å². The molecule has 0 aliphatic rings. The Morgan fingerprint density at radius 2 is 1.87 bits per heavy atom. The molecule has 0 N–H and O–H groups in total. The Kier molecular flexibility index (Phi) is 4.41. The summed E-state index contributed by atoms with van der Waals surface area (Å²) >= 11 is 6.06. The largest absolute Gasteiger partial charge is 0.0892 e. The van der Waals surface area contributed by atoms with Crippen LogP contribution in [0.5, 0.6) is 0 Å².